The highest BCUT2D eigenvalue weighted by Crippen LogP contribution is 2.28. The van der Waals surface area contributed by atoms with Crippen LogP contribution < -0.4 is 9.80 Å². The summed E-state index contributed by atoms with van der Waals surface area (Å²) in [6.07, 6.45) is 3.54. The lowest BCUT2D eigenvalue weighted by Gasteiger charge is -2.29. The fourth-order valence-electron chi connectivity index (χ4n) is 5.43. The largest absolute Gasteiger partial charge is 0.507 e. The maximum absolute atomic E-state index is 13.9. The van der Waals surface area contributed by atoms with E-state index in [0.29, 0.717) is 5.69 Å². The van der Waals surface area contributed by atoms with Crippen molar-refractivity contribution >= 4 is 33.3 Å². The zero-order chi connectivity index (χ0) is 32.0. The van der Waals surface area contributed by atoms with Crippen molar-refractivity contribution < 1.29 is 27.9 Å². The summed E-state index contributed by atoms with van der Waals surface area (Å²) in [5.74, 6) is -1.56. The van der Waals surface area contributed by atoms with E-state index in [2.05, 4.69) is 4.90 Å². The summed E-state index contributed by atoms with van der Waals surface area (Å²) in [4.78, 5) is 30.0. The van der Waals surface area contributed by atoms with Crippen LogP contribution in [0.15, 0.2) is 102 Å². The van der Waals surface area contributed by atoms with Crippen LogP contribution in [-0.4, -0.2) is 63.5 Å². The number of methoxy groups -OCH3 is 1. The molecule has 1 amide bonds. The van der Waals surface area contributed by atoms with E-state index in [1.807, 2.05) is 54.6 Å². The highest BCUT2D eigenvalue weighted by atomic mass is 32.2. The number of rotatable bonds is 10. The molecule has 9 nitrogen and oxygen atoms in total. The van der Waals surface area contributed by atoms with Gasteiger partial charge in [0.25, 0.3) is 0 Å². The maximum atomic E-state index is 13.9. The molecule has 4 aromatic carbocycles. The SMILES string of the molecule is COC(=O)c1cc(N(Cc2ccc(N3CCCCC3)cc2)C(=O)CN(C)S(=O)(=O)c2ccc(-c3ccccc3)cc2)ccc1O. The number of aromatic hydroxyl groups is 1. The molecular weight excluding hydrogens is 590 g/mol. The van der Waals surface area contributed by atoms with Gasteiger partial charge in [-0.3, -0.25) is 4.79 Å². The van der Waals surface area contributed by atoms with E-state index in [1.54, 1.807) is 12.1 Å². The average molecular weight is 628 g/mol. The average Bonchev–Trinajstić information content (AvgIpc) is 3.08. The quantitative estimate of drug-likeness (QED) is 0.225. The van der Waals surface area contributed by atoms with Crippen LogP contribution in [0.25, 0.3) is 11.1 Å². The molecule has 234 valence electrons. The van der Waals surface area contributed by atoms with Gasteiger partial charge in [-0.05, 0) is 78.4 Å². The molecule has 1 N–H and O–H groups in total. The van der Waals surface area contributed by atoms with Crippen LogP contribution in [0.5, 0.6) is 5.75 Å². The zero-order valence-corrected chi connectivity index (χ0v) is 26.2. The van der Waals surface area contributed by atoms with Crippen molar-refractivity contribution in [2.24, 2.45) is 0 Å². The highest BCUT2D eigenvalue weighted by molar-refractivity contribution is 7.89. The van der Waals surface area contributed by atoms with E-state index in [4.69, 9.17) is 4.74 Å². The van der Waals surface area contributed by atoms with Gasteiger partial charge in [0.1, 0.15) is 11.3 Å². The monoisotopic (exact) mass is 627 g/mol. The van der Waals surface area contributed by atoms with Crippen molar-refractivity contribution in [1.82, 2.24) is 4.31 Å². The summed E-state index contributed by atoms with van der Waals surface area (Å²) in [6, 6.07) is 28.3. The number of sulfonamides is 1. The number of phenolic OH excluding ortho intramolecular Hbond substituents is 1. The third-order valence-electron chi connectivity index (χ3n) is 8.02. The molecule has 0 aromatic heterocycles. The number of nitrogens with zero attached hydrogens (tertiary/aromatic N) is 3. The third kappa shape index (κ3) is 7.35. The zero-order valence-electron chi connectivity index (χ0n) is 25.4. The van der Waals surface area contributed by atoms with E-state index >= 15 is 0 Å². The summed E-state index contributed by atoms with van der Waals surface area (Å²) in [6.45, 7) is 1.67. The van der Waals surface area contributed by atoms with Crippen molar-refractivity contribution in [2.45, 2.75) is 30.7 Å². The van der Waals surface area contributed by atoms with E-state index in [1.165, 1.54) is 55.8 Å². The first-order valence-corrected chi connectivity index (χ1v) is 16.3. The topological polar surface area (TPSA) is 107 Å². The minimum Gasteiger partial charge on any atom is -0.507 e. The standard InChI is InChI=1S/C35H37N3O6S/c1-36(45(42,43)31-18-13-28(14-19-31)27-9-5-3-6-10-27)25-34(40)38(30-17-20-33(39)32(23-30)35(41)44-2)24-26-11-15-29(16-12-26)37-21-7-4-8-22-37/h3,5-6,9-20,23,39H,4,7-8,21-22,24-25H2,1-2H3. The lowest BCUT2D eigenvalue weighted by molar-refractivity contribution is -0.118. The van der Waals surface area contributed by atoms with Crippen LogP contribution in [0, 0.1) is 0 Å². The van der Waals surface area contributed by atoms with E-state index in [9.17, 15) is 23.1 Å². The fourth-order valence-corrected chi connectivity index (χ4v) is 6.55. The Kier molecular flexibility index (Phi) is 9.85. The van der Waals surface area contributed by atoms with Crippen LogP contribution in [0.4, 0.5) is 11.4 Å². The molecule has 0 radical (unpaired) electrons. The van der Waals surface area contributed by atoms with Gasteiger partial charge in [-0.1, -0.05) is 54.6 Å². The summed E-state index contributed by atoms with van der Waals surface area (Å²) >= 11 is 0. The molecule has 0 spiro atoms. The number of ether oxygens (including phenoxy) is 1. The van der Waals surface area contributed by atoms with Crippen LogP contribution in [-0.2, 0) is 26.1 Å². The van der Waals surface area contributed by atoms with E-state index in [0.717, 1.165) is 52.6 Å². The number of carbonyl (C=O) groups excluding carboxylic acids is 2. The molecule has 1 aliphatic rings. The smallest absolute Gasteiger partial charge is 0.341 e. The van der Waals surface area contributed by atoms with Gasteiger partial charge in [-0.2, -0.15) is 4.31 Å². The number of carbonyl (C=O) groups is 2. The Bertz CT molecular complexity index is 1740. The van der Waals surface area contributed by atoms with Gasteiger partial charge < -0.3 is 19.6 Å². The van der Waals surface area contributed by atoms with Crippen molar-refractivity contribution in [1.29, 1.82) is 0 Å². The van der Waals surface area contributed by atoms with Crippen molar-refractivity contribution in [2.75, 3.05) is 43.6 Å². The molecule has 0 saturated carbocycles. The number of piperidine rings is 1. The van der Waals surface area contributed by atoms with Crippen LogP contribution >= 0.6 is 0 Å². The molecule has 4 aromatic rings. The van der Waals surface area contributed by atoms with Crippen molar-refractivity contribution in [3.05, 3.63) is 108 Å². The molecule has 45 heavy (non-hydrogen) atoms. The molecule has 10 heteroatoms. The Labute approximate surface area is 264 Å². The van der Waals surface area contributed by atoms with Crippen LogP contribution in [0.2, 0.25) is 0 Å². The Balaban J connectivity index is 1.39. The minimum atomic E-state index is -4.01. The Morgan fingerprint density at radius 2 is 1.49 bits per heavy atom. The number of anilines is 2. The van der Waals surface area contributed by atoms with Gasteiger partial charge in [0.2, 0.25) is 15.9 Å². The van der Waals surface area contributed by atoms with Crippen molar-refractivity contribution in [3.8, 4) is 16.9 Å². The number of likely N-dealkylation sites (N-methyl/N-ethyl adjacent to an activating group) is 1. The molecule has 1 heterocycles. The number of hydrogen-bond donors (Lipinski definition) is 1. The first-order valence-electron chi connectivity index (χ1n) is 14.8. The molecular formula is C35H37N3O6S. The normalized spacial score (nSPS) is 13.4. The second-order valence-corrected chi connectivity index (χ2v) is 13.1. The molecule has 0 unspecified atom stereocenters. The summed E-state index contributed by atoms with van der Waals surface area (Å²) in [5.41, 5.74) is 3.98. The molecule has 0 atom stereocenters. The number of hydrogen-bond acceptors (Lipinski definition) is 7. The summed E-state index contributed by atoms with van der Waals surface area (Å²) < 4.78 is 32.8. The first kappa shape index (κ1) is 31.7. The number of phenols is 1. The maximum Gasteiger partial charge on any atom is 0.341 e. The number of benzene rings is 4. The van der Waals surface area contributed by atoms with Gasteiger partial charge in [0, 0.05) is 31.5 Å². The van der Waals surface area contributed by atoms with Gasteiger partial charge in [-0.15, -0.1) is 0 Å². The lowest BCUT2D eigenvalue weighted by atomic mass is 10.1. The van der Waals surface area contributed by atoms with E-state index < -0.39 is 28.4 Å². The van der Waals surface area contributed by atoms with Crippen LogP contribution in [0.3, 0.4) is 0 Å². The fraction of sp³-hybridized carbons (Fsp3) is 0.257. The molecule has 0 bridgehead atoms. The van der Waals surface area contributed by atoms with Gasteiger partial charge in [0.05, 0.1) is 25.1 Å². The van der Waals surface area contributed by atoms with Gasteiger partial charge in [0.15, 0.2) is 0 Å². The predicted molar refractivity (Wildman–Crippen MR) is 175 cm³/mol. The molecule has 0 aliphatic carbocycles. The Morgan fingerprint density at radius 1 is 0.844 bits per heavy atom. The molecule has 1 saturated heterocycles. The number of amides is 1. The highest BCUT2D eigenvalue weighted by Gasteiger charge is 2.27. The second-order valence-electron chi connectivity index (χ2n) is 11.0. The van der Waals surface area contributed by atoms with Crippen LogP contribution in [0.1, 0.15) is 35.2 Å². The first-order chi connectivity index (χ1) is 21.7. The van der Waals surface area contributed by atoms with Crippen molar-refractivity contribution in [3.63, 3.8) is 0 Å². The minimum absolute atomic E-state index is 0.0648. The predicted octanol–water partition coefficient (Wildman–Crippen LogP) is 5.69. The lowest BCUT2D eigenvalue weighted by Crippen LogP contribution is -2.41. The molecule has 1 fully saturated rings. The Hall–Kier alpha value is -4.67. The molecule has 5 rings (SSSR count). The van der Waals surface area contributed by atoms with Gasteiger partial charge in [-0.25, -0.2) is 13.2 Å². The molecule has 1 aliphatic heterocycles. The third-order valence-corrected chi connectivity index (χ3v) is 9.84. The van der Waals surface area contributed by atoms with E-state index in [-0.39, 0.29) is 22.8 Å². The van der Waals surface area contributed by atoms with Gasteiger partial charge >= 0.3 is 5.97 Å². The summed E-state index contributed by atoms with van der Waals surface area (Å²) in [5, 5.41) is 10.3. The second kappa shape index (κ2) is 14.0. The Morgan fingerprint density at radius 3 is 2.13 bits per heavy atom. The summed E-state index contributed by atoms with van der Waals surface area (Å²) in [7, 11) is -1.44. The number of esters is 1.